The lowest BCUT2D eigenvalue weighted by atomic mass is 10.1. The molecule has 148 valence electrons. The van der Waals surface area contributed by atoms with Gasteiger partial charge in [0.05, 0.1) is 20.7 Å². The van der Waals surface area contributed by atoms with E-state index in [9.17, 15) is 22.8 Å². The summed E-state index contributed by atoms with van der Waals surface area (Å²) < 4.78 is 68.9. The number of likely N-dealkylation sites (N-methyl/N-ethyl adjacent to an activating group) is 1. The molecule has 25 heavy (non-hydrogen) atoms. The average molecular weight is 395 g/mol. The van der Waals surface area contributed by atoms with Crippen molar-refractivity contribution in [2.24, 2.45) is 0 Å². The molecule has 0 amide bonds. The van der Waals surface area contributed by atoms with Crippen molar-refractivity contribution in [1.29, 1.82) is 0 Å². The summed E-state index contributed by atoms with van der Waals surface area (Å²) in [6.45, 7) is 3.64. The first-order valence-corrected chi connectivity index (χ1v) is 8.36. The SMILES string of the molecule is CCOC(=O)[C@H]1C[C@H](COC(C)=O)O[N+]1(C)C.O=S(=O)([O-])C(F)(F)F. The van der Waals surface area contributed by atoms with E-state index in [0.29, 0.717) is 13.0 Å². The quantitative estimate of drug-likeness (QED) is 0.289. The number of hydroxylamine groups is 3. The van der Waals surface area contributed by atoms with Crippen LogP contribution in [0, 0.1) is 0 Å². The highest BCUT2D eigenvalue weighted by Crippen LogP contribution is 2.27. The van der Waals surface area contributed by atoms with E-state index in [-0.39, 0.29) is 35.3 Å². The van der Waals surface area contributed by atoms with Gasteiger partial charge >= 0.3 is 17.4 Å². The standard InChI is InChI=1S/C11H20NO5.CHF3O3S/c1-5-15-11(14)10-6-9(7-16-8(2)13)17-12(10,3)4;2-1(3,4)8(5,6)7/h9-10H,5-7H2,1-4H3;(H,5,6,7)/q+1;/p-1/t9-,10-;/m1./s1. The molecule has 1 saturated heterocycles. The summed E-state index contributed by atoms with van der Waals surface area (Å²) >= 11 is 0. The van der Waals surface area contributed by atoms with E-state index in [0.717, 1.165) is 0 Å². The van der Waals surface area contributed by atoms with Crippen LogP contribution >= 0.6 is 0 Å². The van der Waals surface area contributed by atoms with E-state index in [1.807, 2.05) is 0 Å². The number of halogens is 3. The van der Waals surface area contributed by atoms with Gasteiger partial charge in [0.25, 0.3) is 0 Å². The molecule has 1 rings (SSSR count). The largest absolute Gasteiger partial charge is 0.741 e. The zero-order valence-electron chi connectivity index (χ0n) is 14.0. The Balaban J connectivity index is 0.000000609. The first-order chi connectivity index (χ1) is 11.1. The lowest BCUT2D eigenvalue weighted by molar-refractivity contribution is -1.08. The number of rotatable bonds is 4. The second-order valence-corrected chi connectivity index (χ2v) is 6.74. The van der Waals surface area contributed by atoms with Crippen LogP contribution in [0.5, 0.6) is 0 Å². The molecule has 1 aliphatic heterocycles. The van der Waals surface area contributed by atoms with E-state index < -0.39 is 15.6 Å². The molecular formula is C12H20F3NO8S. The highest BCUT2D eigenvalue weighted by Gasteiger charge is 2.49. The maximum absolute atomic E-state index is 11.7. The summed E-state index contributed by atoms with van der Waals surface area (Å²) in [5.41, 5.74) is -5.65. The van der Waals surface area contributed by atoms with Crippen molar-refractivity contribution in [2.75, 3.05) is 27.3 Å². The average Bonchev–Trinajstić information content (AvgIpc) is 2.70. The Bertz CT molecular complexity index is 575. The van der Waals surface area contributed by atoms with Crippen molar-refractivity contribution in [2.45, 2.75) is 37.9 Å². The number of ether oxygens (including phenoxy) is 2. The Morgan fingerprint density at radius 2 is 1.76 bits per heavy atom. The monoisotopic (exact) mass is 395 g/mol. The smallest absolute Gasteiger partial charge is 0.485 e. The van der Waals surface area contributed by atoms with Crippen LogP contribution in [-0.4, -0.2) is 74.5 Å². The van der Waals surface area contributed by atoms with Gasteiger partial charge < -0.3 is 14.0 Å². The lowest BCUT2D eigenvalue weighted by Gasteiger charge is -2.26. The number of hydrogen-bond acceptors (Lipinski definition) is 8. The van der Waals surface area contributed by atoms with Crippen LogP contribution < -0.4 is 0 Å². The Morgan fingerprint density at radius 3 is 2.12 bits per heavy atom. The third-order valence-corrected chi connectivity index (χ3v) is 3.54. The van der Waals surface area contributed by atoms with E-state index in [4.69, 9.17) is 27.3 Å². The maximum atomic E-state index is 11.7. The Morgan fingerprint density at radius 1 is 1.28 bits per heavy atom. The van der Waals surface area contributed by atoms with Crippen LogP contribution in [0.2, 0.25) is 0 Å². The molecule has 1 fully saturated rings. The number of quaternary nitrogens is 1. The molecule has 0 bridgehead atoms. The van der Waals surface area contributed by atoms with Crippen molar-refractivity contribution < 1.29 is 54.7 Å². The summed E-state index contributed by atoms with van der Waals surface area (Å²) in [5, 5.41) is 0. The number of nitrogens with zero attached hydrogens (tertiary/aromatic N) is 1. The lowest BCUT2D eigenvalue weighted by Crippen LogP contribution is -2.48. The van der Waals surface area contributed by atoms with E-state index in [1.54, 1.807) is 21.0 Å². The minimum Gasteiger partial charge on any atom is -0.741 e. The van der Waals surface area contributed by atoms with E-state index >= 15 is 0 Å². The highest BCUT2D eigenvalue weighted by molar-refractivity contribution is 7.86. The second-order valence-electron chi connectivity index (χ2n) is 5.37. The van der Waals surface area contributed by atoms with Gasteiger partial charge in [-0.05, 0) is 6.92 Å². The molecule has 0 saturated carbocycles. The summed E-state index contributed by atoms with van der Waals surface area (Å²) in [4.78, 5) is 28.1. The van der Waals surface area contributed by atoms with Crippen LogP contribution in [-0.2, 0) is 34.0 Å². The predicted molar refractivity (Wildman–Crippen MR) is 74.4 cm³/mol. The van der Waals surface area contributed by atoms with Gasteiger partial charge in [-0.3, -0.25) is 4.79 Å². The molecule has 1 heterocycles. The zero-order chi connectivity index (χ0) is 20.1. The Hall–Kier alpha value is -1.44. The van der Waals surface area contributed by atoms with Crippen LogP contribution in [0.4, 0.5) is 13.2 Å². The molecule has 13 heteroatoms. The molecule has 0 aromatic carbocycles. The van der Waals surface area contributed by atoms with Crippen molar-refractivity contribution in [1.82, 2.24) is 0 Å². The van der Waals surface area contributed by atoms with Gasteiger partial charge in [-0.1, -0.05) is 0 Å². The maximum Gasteiger partial charge on any atom is 0.485 e. The molecule has 0 aromatic rings. The van der Waals surface area contributed by atoms with Crippen molar-refractivity contribution >= 4 is 22.1 Å². The third kappa shape index (κ3) is 7.98. The highest BCUT2D eigenvalue weighted by atomic mass is 32.2. The van der Waals surface area contributed by atoms with Gasteiger partial charge in [-0.25, -0.2) is 13.2 Å². The van der Waals surface area contributed by atoms with E-state index in [2.05, 4.69) is 0 Å². The number of hydrogen-bond donors (Lipinski definition) is 0. The summed E-state index contributed by atoms with van der Waals surface area (Å²) in [5.74, 6) is -0.624. The van der Waals surface area contributed by atoms with Gasteiger partial charge in [0.15, 0.2) is 16.2 Å². The molecule has 0 spiro atoms. The third-order valence-electron chi connectivity index (χ3n) is 2.97. The minimum absolute atomic E-state index is 0.102. The fraction of sp³-hybridized carbons (Fsp3) is 0.833. The van der Waals surface area contributed by atoms with Crippen LogP contribution in [0.1, 0.15) is 20.3 Å². The Labute approximate surface area is 142 Å². The van der Waals surface area contributed by atoms with Crippen molar-refractivity contribution in [3.05, 3.63) is 0 Å². The molecule has 0 radical (unpaired) electrons. The summed E-state index contributed by atoms with van der Waals surface area (Å²) in [6, 6.07) is -0.365. The zero-order valence-corrected chi connectivity index (χ0v) is 14.8. The molecule has 9 nitrogen and oxygen atoms in total. The normalized spacial score (nSPS) is 22.6. The molecule has 0 aliphatic carbocycles. The fourth-order valence-electron chi connectivity index (χ4n) is 1.90. The first kappa shape index (κ1) is 23.6. The van der Waals surface area contributed by atoms with Crippen molar-refractivity contribution in [3.8, 4) is 0 Å². The molecule has 2 atom stereocenters. The van der Waals surface area contributed by atoms with Gasteiger partial charge in [0.1, 0.15) is 6.61 Å². The predicted octanol–water partition coefficient (Wildman–Crippen LogP) is 0.313. The Kier molecular flexibility index (Phi) is 8.27. The molecule has 1 aliphatic rings. The minimum atomic E-state index is -6.09. The molecule has 0 unspecified atom stereocenters. The number of esters is 2. The molecule has 0 N–H and O–H groups in total. The summed E-state index contributed by atoms with van der Waals surface area (Å²) in [6.07, 6.45) is 0.238. The second kappa shape index (κ2) is 8.78. The number of alkyl halides is 3. The topological polar surface area (TPSA) is 119 Å². The van der Waals surface area contributed by atoms with Gasteiger partial charge in [-0.2, -0.15) is 22.7 Å². The van der Waals surface area contributed by atoms with Crippen LogP contribution in [0.15, 0.2) is 0 Å². The van der Waals surface area contributed by atoms with Crippen molar-refractivity contribution in [3.63, 3.8) is 0 Å². The van der Waals surface area contributed by atoms with Crippen LogP contribution in [0.25, 0.3) is 0 Å². The van der Waals surface area contributed by atoms with Gasteiger partial charge in [0, 0.05) is 13.3 Å². The molecular weight excluding hydrogens is 375 g/mol. The fourth-order valence-corrected chi connectivity index (χ4v) is 1.90. The first-order valence-electron chi connectivity index (χ1n) is 6.96. The van der Waals surface area contributed by atoms with Gasteiger partial charge in [-0.15, -0.1) is 0 Å². The van der Waals surface area contributed by atoms with E-state index in [1.165, 1.54) is 6.92 Å². The number of carbonyl (C=O) groups excluding carboxylic acids is 2. The number of carbonyl (C=O) groups is 2. The van der Waals surface area contributed by atoms with Gasteiger partial charge in [0.2, 0.25) is 6.04 Å². The molecule has 0 aromatic heterocycles. The summed E-state index contributed by atoms with van der Waals surface area (Å²) in [7, 11) is -2.52. The van der Waals surface area contributed by atoms with Crippen LogP contribution in [0.3, 0.4) is 0 Å².